The molecule has 4 nitrogen and oxygen atoms in total. The van der Waals surface area contributed by atoms with E-state index in [9.17, 15) is 0 Å². The van der Waals surface area contributed by atoms with Crippen molar-refractivity contribution in [3.63, 3.8) is 0 Å². The third kappa shape index (κ3) is 3.91. The van der Waals surface area contributed by atoms with Crippen LogP contribution in [0.15, 0.2) is 24.4 Å². The lowest BCUT2D eigenvalue weighted by Gasteiger charge is -2.15. The molecule has 2 aromatic rings. The van der Waals surface area contributed by atoms with Crippen LogP contribution in [0.3, 0.4) is 0 Å². The molecule has 0 amide bonds. The van der Waals surface area contributed by atoms with Gasteiger partial charge < -0.3 is 5.32 Å². The Hall–Kier alpha value is -1.68. The maximum absolute atomic E-state index is 4.66. The van der Waals surface area contributed by atoms with Crippen LogP contribution in [0.25, 0.3) is 5.82 Å². The lowest BCUT2D eigenvalue weighted by atomic mass is 9.99. The molecule has 0 fully saturated rings. The molecule has 2 heterocycles. The van der Waals surface area contributed by atoms with E-state index in [1.54, 1.807) is 6.20 Å². The largest absolute Gasteiger partial charge is 0.314 e. The van der Waals surface area contributed by atoms with Gasteiger partial charge in [0.25, 0.3) is 0 Å². The van der Waals surface area contributed by atoms with Gasteiger partial charge in [0.2, 0.25) is 0 Å². The summed E-state index contributed by atoms with van der Waals surface area (Å²) in [4.78, 5) is 4.39. The quantitative estimate of drug-likeness (QED) is 0.887. The third-order valence-electron chi connectivity index (χ3n) is 3.73. The predicted octanol–water partition coefficient (Wildman–Crippen LogP) is 3.06. The summed E-state index contributed by atoms with van der Waals surface area (Å²) in [6.45, 7) is 11.9. The first-order valence-electron chi connectivity index (χ1n) is 7.69. The minimum absolute atomic E-state index is 0.533. The van der Waals surface area contributed by atoms with E-state index >= 15 is 0 Å². The Kier molecular flexibility index (Phi) is 5.12. The van der Waals surface area contributed by atoms with Gasteiger partial charge >= 0.3 is 0 Å². The summed E-state index contributed by atoms with van der Waals surface area (Å²) in [6, 6.07) is 6.45. The number of hydrogen-bond donors (Lipinski definition) is 1. The van der Waals surface area contributed by atoms with Gasteiger partial charge in [-0.3, -0.25) is 0 Å². The van der Waals surface area contributed by atoms with Crippen LogP contribution in [0, 0.1) is 19.8 Å². The van der Waals surface area contributed by atoms with Crippen LogP contribution in [-0.2, 0) is 6.42 Å². The average molecular weight is 286 g/mol. The highest BCUT2D eigenvalue weighted by atomic mass is 15.3. The molecule has 21 heavy (non-hydrogen) atoms. The first-order chi connectivity index (χ1) is 9.99. The molecule has 0 bridgehead atoms. The molecule has 4 heteroatoms. The van der Waals surface area contributed by atoms with Gasteiger partial charge in [0.15, 0.2) is 5.82 Å². The Bertz CT molecular complexity index is 572. The normalized spacial score (nSPS) is 12.9. The van der Waals surface area contributed by atoms with E-state index in [0.29, 0.717) is 12.0 Å². The van der Waals surface area contributed by atoms with Crippen molar-refractivity contribution in [2.45, 2.75) is 47.1 Å². The molecular formula is C17H26N4. The molecule has 2 rings (SSSR count). The summed E-state index contributed by atoms with van der Waals surface area (Å²) in [5.41, 5.74) is 3.65. The number of nitrogens with one attached hydrogen (secondary N) is 1. The van der Waals surface area contributed by atoms with E-state index in [1.165, 1.54) is 11.3 Å². The van der Waals surface area contributed by atoms with Gasteiger partial charge in [0, 0.05) is 17.9 Å². The molecule has 1 unspecified atom stereocenters. The summed E-state index contributed by atoms with van der Waals surface area (Å²) in [5.74, 6) is 1.48. The molecule has 0 saturated heterocycles. The molecule has 2 aromatic heterocycles. The number of pyridine rings is 1. The van der Waals surface area contributed by atoms with Gasteiger partial charge in [-0.1, -0.05) is 26.8 Å². The molecule has 0 aromatic carbocycles. The van der Waals surface area contributed by atoms with E-state index in [2.05, 4.69) is 50.0 Å². The van der Waals surface area contributed by atoms with Gasteiger partial charge in [-0.05, 0) is 50.4 Å². The van der Waals surface area contributed by atoms with Crippen LogP contribution >= 0.6 is 0 Å². The predicted molar refractivity (Wildman–Crippen MR) is 86.8 cm³/mol. The fourth-order valence-corrected chi connectivity index (χ4v) is 2.53. The Labute approximate surface area is 127 Å². The highest BCUT2D eigenvalue weighted by Gasteiger charge is 2.15. The van der Waals surface area contributed by atoms with Gasteiger partial charge in [-0.25, -0.2) is 9.67 Å². The second kappa shape index (κ2) is 6.85. The number of hydrogen-bond acceptors (Lipinski definition) is 3. The zero-order chi connectivity index (χ0) is 15.4. The standard InChI is InChI=1S/C17H26N4/c1-12(2)19-11-13(3)10-16-14(4)20-21(15(16)5)17-8-6-7-9-18-17/h6-9,12-13,19H,10-11H2,1-5H3. The lowest BCUT2D eigenvalue weighted by Crippen LogP contribution is -2.28. The first kappa shape index (κ1) is 15.7. The Morgan fingerprint density at radius 2 is 1.95 bits per heavy atom. The van der Waals surface area contributed by atoms with Crippen LogP contribution in [0.4, 0.5) is 0 Å². The summed E-state index contributed by atoms with van der Waals surface area (Å²) in [6.07, 6.45) is 2.85. The van der Waals surface area contributed by atoms with Gasteiger partial charge in [0.1, 0.15) is 0 Å². The van der Waals surface area contributed by atoms with Crippen molar-refractivity contribution in [1.82, 2.24) is 20.1 Å². The molecule has 0 aliphatic rings. The van der Waals surface area contributed by atoms with Crippen molar-refractivity contribution in [2.24, 2.45) is 5.92 Å². The molecule has 0 aliphatic heterocycles. The Morgan fingerprint density at radius 3 is 2.57 bits per heavy atom. The third-order valence-corrected chi connectivity index (χ3v) is 3.73. The van der Waals surface area contributed by atoms with Crippen LogP contribution in [-0.4, -0.2) is 27.4 Å². The van der Waals surface area contributed by atoms with E-state index in [0.717, 1.165) is 24.5 Å². The summed E-state index contributed by atoms with van der Waals surface area (Å²) in [7, 11) is 0. The van der Waals surface area contributed by atoms with E-state index < -0.39 is 0 Å². The van der Waals surface area contributed by atoms with Gasteiger partial charge in [-0.2, -0.15) is 5.10 Å². The lowest BCUT2D eigenvalue weighted by molar-refractivity contribution is 0.474. The van der Waals surface area contributed by atoms with Crippen LogP contribution in [0.5, 0.6) is 0 Å². The monoisotopic (exact) mass is 286 g/mol. The molecule has 114 valence electrons. The highest BCUT2D eigenvalue weighted by Crippen LogP contribution is 2.19. The average Bonchev–Trinajstić information content (AvgIpc) is 2.74. The molecule has 0 spiro atoms. The van der Waals surface area contributed by atoms with Crippen molar-refractivity contribution in [3.8, 4) is 5.82 Å². The molecule has 0 saturated carbocycles. The highest BCUT2D eigenvalue weighted by molar-refractivity contribution is 5.32. The molecule has 1 atom stereocenters. The summed E-state index contributed by atoms with van der Waals surface area (Å²) >= 11 is 0. The zero-order valence-electron chi connectivity index (χ0n) is 13.7. The van der Waals surface area contributed by atoms with Gasteiger partial charge in [0.05, 0.1) is 5.69 Å². The maximum Gasteiger partial charge on any atom is 0.153 e. The Morgan fingerprint density at radius 1 is 1.19 bits per heavy atom. The van der Waals surface area contributed by atoms with Crippen molar-refractivity contribution >= 4 is 0 Å². The van der Waals surface area contributed by atoms with Gasteiger partial charge in [-0.15, -0.1) is 0 Å². The maximum atomic E-state index is 4.66. The fraction of sp³-hybridized carbons (Fsp3) is 0.529. The first-order valence-corrected chi connectivity index (χ1v) is 7.69. The van der Waals surface area contributed by atoms with Crippen molar-refractivity contribution < 1.29 is 0 Å². The summed E-state index contributed by atoms with van der Waals surface area (Å²) < 4.78 is 1.95. The SMILES string of the molecule is Cc1nn(-c2ccccn2)c(C)c1CC(C)CNC(C)C. The van der Waals surface area contributed by atoms with Crippen LogP contribution < -0.4 is 5.32 Å². The minimum Gasteiger partial charge on any atom is -0.314 e. The van der Waals surface area contributed by atoms with Crippen molar-refractivity contribution in [2.75, 3.05) is 6.54 Å². The van der Waals surface area contributed by atoms with Crippen molar-refractivity contribution in [1.29, 1.82) is 0 Å². The second-order valence-electron chi connectivity index (χ2n) is 6.12. The number of aromatic nitrogens is 3. The number of nitrogens with zero attached hydrogens (tertiary/aromatic N) is 3. The number of aryl methyl sites for hydroxylation is 1. The van der Waals surface area contributed by atoms with Crippen LogP contribution in [0.1, 0.15) is 37.7 Å². The number of rotatable bonds is 6. The van der Waals surface area contributed by atoms with E-state index in [4.69, 9.17) is 0 Å². The Balaban J connectivity index is 2.16. The molecule has 0 radical (unpaired) electrons. The fourth-order valence-electron chi connectivity index (χ4n) is 2.53. The topological polar surface area (TPSA) is 42.7 Å². The van der Waals surface area contributed by atoms with Crippen molar-refractivity contribution in [3.05, 3.63) is 41.3 Å². The molecule has 0 aliphatic carbocycles. The van der Waals surface area contributed by atoms with E-state index in [-0.39, 0.29) is 0 Å². The minimum atomic E-state index is 0.533. The summed E-state index contributed by atoms with van der Waals surface area (Å²) in [5, 5.41) is 8.17. The molecule has 1 N–H and O–H groups in total. The smallest absolute Gasteiger partial charge is 0.153 e. The zero-order valence-corrected chi connectivity index (χ0v) is 13.7. The van der Waals surface area contributed by atoms with E-state index in [1.807, 2.05) is 22.9 Å². The van der Waals surface area contributed by atoms with Crippen LogP contribution in [0.2, 0.25) is 0 Å². The molecular weight excluding hydrogens is 260 g/mol. The second-order valence-corrected chi connectivity index (χ2v) is 6.12.